The Labute approximate surface area is 219 Å². The summed E-state index contributed by atoms with van der Waals surface area (Å²) < 4.78 is 27.4. The summed E-state index contributed by atoms with van der Waals surface area (Å²) in [5.41, 5.74) is 7.89. The van der Waals surface area contributed by atoms with Gasteiger partial charge in [0.2, 0.25) is 5.88 Å². The number of nitrogens with zero attached hydrogens (tertiary/aromatic N) is 5. The van der Waals surface area contributed by atoms with Gasteiger partial charge in [-0.05, 0) is 50.6 Å². The normalized spacial score (nSPS) is 19.1. The fourth-order valence-electron chi connectivity index (χ4n) is 4.75. The molecule has 2 saturated heterocycles. The summed E-state index contributed by atoms with van der Waals surface area (Å²) in [6, 6.07) is 10.3. The number of rotatable bonds is 9. The van der Waals surface area contributed by atoms with E-state index < -0.39 is 5.82 Å². The molecule has 2 aliphatic heterocycles. The molecule has 3 aromatic rings. The first-order valence-corrected chi connectivity index (χ1v) is 12.8. The van der Waals surface area contributed by atoms with E-state index in [0.29, 0.717) is 41.2 Å². The summed E-state index contributed by atoms with van der Waals surface area (Å²) in [6.07, 6.45) is 4.66. The van der Waals surface area contributed by atoms with Crippen LogP contribution in [0.3, 0.4) is 0 Å². The predicted molar refractivity (Wildman–Crippen MR) is 136 cm³/mol. The lowest BCUT2D eigenvalue weighted by atomic mass is 9.93. The smallest absolute Gasteiger partial charge is 0.213 e. The van der Waals surface area contributed by atoms with Gasteiger partial charge >= 0.3 is 0 Å². The third kappa shape index (κ3) is 6.03. The lowest BCUT2D eigenvalue weighted by Crippen LogP contribution is -2.36. The first-order valence-electron chi connectivity index (χ1n) is 12.4. The van der Waals surface area contributed by atoms with Gasteiger partial charge in [0.15, 0.2) is 5.84 Å². The van der Waals surface area contributed by atoms with Crippen molar-refractivity contribution in [2.75, 3.05) is 19.7 Å². The van der Waals surface area contributed by atoms with Crippen molar-refractivity contribution in [1.29, 1.82) is 0 Å². The Morgan fingerprint density at radius 2 is 2.05 bits per heavy atom. The molecule has 3 N–H and O–H groups in total. The molecule has 196 valence electrons. The zero-order chi connectivity index (χ0) is 25.8. The van der Waals surface area contributed by atoms with Gasteiger partial charge in [0.05, 0.1) is 25.4 Å². The number of nitrogens with two attached hydrogens (primary N) is 1. The van der Waals surface area contributed by atoms with Crippen molar-refractivity contribution in [1.82, 2.24) is 19.4 Å². The molecule has 0 radical (unpaired) electrons. The van der Waals surface area contributed by atoms with Crippen molar-refractivity contribution >= 4 is 17.4 Å². The maximum Gasteiger partial charge on any atom is 0.213 e. The number of likely N-dealkylation sites (tertiary alicyclic amines) is 1. The number of aromatic nitrogens is 3. The molecule has 0 spiro atoms. The molecular formula is C26H30ClFN6O3. The molecule has 1 atom stereocenters. The molecule has 37 heavy (non-hydrogen) atoms. The summed E-state index contributed by atoms with van der Waals surface area (Å²) in [7, 11) is 0. The van der Waals surface area contributed by atoms with Gasteiger partial charge in [0.25, 0.3) is 0 Å². The minimum Gasteiger partial charge on any atom is -0.473 e. The fraction of sp³-hybridized carbons (Fsp3) is 0.423. The molecule has 2 aliphatic rings. The van der Waals surface area contributed by atoms with Crippen LogP contribution in [0, 0.1) is 5.82 Å². The molecule has 0 unspecified atom stereocenters. The number of imidazole rings is 1. The van der Waals surface area contributed by atoms with E-state index in [1.54, 1.807) is 24.4 Å². The molecule has 4 heterocycles. The van der Waals surface area contributed by atoms with E-state index in [1.807, 2.05) is 16.7 Å². The van der Waals surface area contributed by atoms with E-state index in [1.165, 1.54) is 6.07 Å². The number of ether oxygens (including phenoxy) is 2. The minimum atomic E-state index is -0.393. The molecule has 0 aliphatic carbocycles. The highest BCUT2D eigenvalue weighted by Gasteiger charge is 2.26. The van der Waals surface area contributed by atoms with Gasteiger partial charge in [-0.1, -0.05) is 28.9 Å². The van der Waals surface area contributed by atoms with Crippen molar-refractivity contribution in [2.45, 2.75) is 51.0 Å². The standard InChI is InChI=1S/C26H30ClFN6O3/c27-19-5-4-18(21(28)12-19)16-37-25-3-1-2-22(31-25)17-6-9-33(10-7-17)15-24-30-13-23(26(29)32-35)34(24)14-20-8-11-36-20/h1-5,12-13,17,20,35H,6-11,14-16H2,(H2,29,32)/t20-/m0/s1. The van der Waals surface area contributed by atoms with E-state index in [0.717, 1.165) is 50.5 Å². The largest absolute Gasteiger partial charge is 0.473 e. The summed E-state index contributed by atoms with van der Waals surface area (Å²) in [6.45, 7) is 3.93. The number of hydrogen-bond acceptors (Lipinski definition) is 7. The first kappa shape index (κ1) is 25.4. The summed E-state index contributed by atoms with van der Waals surface area (Å²) in [5, 5.41) is 12.7. The number of amidine groups is 1. The second kappa shape index (κ2) is 11.5. The highest BCUT2D eigenvalue weighted by molar-refractivity contribution is 6.30. The first-order chi connectivity index (χ1) is 18.0. The molecular weight excluding hydrogens is 499 g/mol. The Morgan fingerprint density at radius 3 is 2.76 bits per heavy atom. The molecule has 9 nitrogen and oxygen atoms in total. The van der Waals surface area contributed by atoms with E-state index in [4.69, 9.17) is 37.0 Å². The van der Waals surface area contributed by atoms with Crippen LogP contribution in [0.1, 0.15) is 48.0 Å². The molecule has 5 rings (SSSR count). The number of oxime groups is 1. The van der Waals surface area contributed by atoms with E-state index in [-0.39, 0.29) is 18.5 Å². The topological polar surface area (TPSA) is 111 Å². The summed E-state index contributed by atoms with van der Waals surface area (Å²) in [5.74, 6) is 1.31. The zero-order valence-corrected chi connectivity index (χ0v) is 21.1. The third-order valence-corrected chi connectivity index (χ3v) is 7.23. The van der Waals surface area contributed by atoms with Gasteiger partial charge in [0, 0.05) is 34.9 Å². The Kier molecular flexibility index (Phi) is 7.87. The van der Waals surface area contributed by atoms with Crippen LogP contribution < -0.4 is 10.5 Å². The molecule has 1 aromatic carbocycles. The zero-order valence-electron chi connectivity index (χ0n) is 20.4. The summed E-state index contributed by atoms with van der Waals surface area (Å²) >= 11 is 5.83. The average Bonchev–Trinajstić information content (AvgIpc) is 3.28. The van der Waals surface area contributed by atoms with Crippen LogP contribution >= 0.6 is 11.6 Å². The van der Waals surface area contributed by atoms with Crippen molar-refractivity contribution in [2.24, 2.45) is 10.9 Å². The van der Waals surface area contributed by atoms with Gasteiger partial charge in [-0.15, -0.1) is 0 Å². The van der Waals surface area contributed by atoms with Crippen molar-refractivity contribution in [3.05, 3.63) is 76.2 Å². The second-order valence-electron chi connectivity index (χ2n) is 9.41. The Hall–Kier alpha value is -3.21. The SMILES string of the molecule is N/C(=N\O)c1cnc(CN2CCC(c3cccc(OCc4ccc(Cl)cc4F)n3)CC2)n1C[C@@H]1CCO1. The van der Waals surface area contributed by atoms with Gasteiger partial charge in [-0.3, -0.25) is 4.90 Å². The highest BCUT2D eigenvalue weighted by Crippen LogP contribution is 2.29. The van der Waals surface area contributed by atoms with Gasteiger partial charge < -0.3 is 25.0 Å². The lowest BCUT2D eigenvalue weighted by Gasteiger charge is -2.32. The Bertz CT molecular complexity index is 1260. The third-order valence-electron chi connectivity index (χ3n) is 6.99. The number of benzene rings is 1. The number of halogens is 2. The number of hydrogen-bond donors (Lipinski definition) is 2. The van der Waals surface area contributed by atoms with Gasteiger partial charge in [0.1, 0.15) is 23.9 Å². The second-order valence-corrected chi connectivity index (χ2v) is 9.85. The maximum absolute atomic E-state index is 14.1. The Morgan fingerprint density at radius 1 is 1.24 bits per heavy atom. The van der Waals surface area contributed by atoms with Crippen LogP contribution in [0.2, 0.25) is 5.02 Å². The fourth-order valence-corrected chi connectivity index (χ4v) is 4.91. The molecule has 11 heteroatoms. The molecule has 2 fully saturated rings. The van der Waals surface area contributed by atoms with Crippen molar-refractivity contribution < 1.29 is 19.1 Å². The van der Waals surface area contributed by atoms with Gasteiger partial charge in [-0.2, -0.15) is 0 Å². The van der Waals surface area contributed by atoms with Crippen LogP contribution in [0.25, 0.3) is 0 Å². The molecule has 0 amide bonds. The summed E-state index contributed by atoms with van der Waals surface area (Å²) in [4.78, 5) is 11.6. The number of pyridine rings is 1. The van der Waals surface area contributed by atoms with Crippen LogP contribution in [0.15, 0.2) is 47.8 Å². The van der Waals surface area contributed by atoms with Gasteiger partial charge in [-0.25, -0.2) is 14.4 Å². The minimum absolute atomic E-state index is 0.0451. The van der Waals surface area contributed by atoms with Crippen LogP contribution in [0.5, 0.6) is 5.88 Å². The lowest BCUT2D eigenvalue weighted by molar-refractivity contribution is -0.0598. The monoisotopic (exact) mass is 528 g/mol. The Balaban J connectivity index is 1.18. The molecule has 2 aromatic heterocycles. The molecule has 0 bridgehead atoms. The quantitative estimate of drug-likeness (QED) is 0.187. The van der Waals surface area contributed by atoms with Crippen molar-refractivity contribution in [3.63, 3.8) is 0 Å². The van der Waals surface area contributed by atoms with E-state index in [9.17, 15) is 4.39 Å². The highest BCUT2D eigenvalue weighted by atomic mass is 35.5. The van der Waals surface area contributed by atoms with Crippen molar-refractivity contribution in [3.8, 4) is 5.88 Å². The average molecular weight is 529 g/mol. The van der Waals surface area contributed by atoms with Crippen LogP contribution in [-0.4, -0.2) is 56.3 Å². The predicted octanol–water partition coefficient (Wildman–Crippen LogP) is 3.91. The van der Waals surface area contributed by atoms with Crippen LogP contribution in [0.4, 0.5) is 4.39 Å². The van der Waals surface area contributed by atoms with E-state index in [2.05, 4.69) is 15.0 Å². The van der Waals surface area contributed by atoms with E-state index >= 15 is 0 Å². The van der Waals surface area contributed by atoms with Crippen LogP contribution in [-0.2, 0) is 24.4 Å². The maximum atomic E-state index is 14.1. The number of piperidine rings is 1. The molecule has 0 saturated carbocycles.